The van der Waals surface area contributed by atoms with Crippen LogP contribution in [0, 0.1) is 26.7 Å². The van der Waals surface area contributed by atoms with Gasteiger partial charge in [-0.25, -0.2) is 0 Å². The smallest absolute Gasteiger partial charge is 0.308 e. The highest BCUT2D eigenvalue weighted by Crippen LogP contribution is 2.27. The molecule has 1 aromatic rings. The molecule has 0 radical (unpaired) electrons. The fourth-order valence-electron chi connectivity index (χ4n) is 2.47. The lowest BCUT2D eigenvalue weighted by Gasteiger charge is -2.28. The molecule has 5 nitrogen and oxygen atoms in total. The number of carbonyl (C=O) groups excluding carboxylic acids is 1. The minimum Gasteiger partial charge on any atom is -0.481 e. The van der Waals surface area contributed by atoms with Gasteiger partial charge < -0.3 is 14.7 Å². The van der Waals surface area contributed by atoms with Crippen molar-refractivity contribution in [2.75, 3.05) is 25.2 Å². The molecule has 0 bridgehead atoms. The largest absolute Gasteiger partial charge is 0.481 e. The van der Waals surface area contributed by atoms with Gasteiger partial charge in [0.05, 0.1) is 5.92 Å². The number of hydrogen-bond donors (Lipinski definition) is 1. The summed E-state index contributed by atoms with van der Waals surface area (Å²) < 4.78 is 4.91. The van der Waals surface area contributed by atoms with Crippen molar-refractivity contribution in [3.05, 3.63) is 28.8 Å². The zero-order chi connectivity index (χ0) is 16.2. The molecule has 0 saturated carbocycles. The second-order valence-corrected chi connectivity index (χ2v) is 5.42. The number of carboxylic acid groups (broad SMARTS) is 1. The van der Waals surface area contributed by atoms with Crippen LogP contribution in [0.25, 0.3) is 0 Å². The number of aryl methyl sites for hydroxylation is 3. The molecule has 1 rings (SSSR count). The third kappa shape index (κ3) is 4.29. The molecule has 0 aromatic heterocycles. The average molecular weight is 293 g/mol. The molecule has 0 spiro atoms. The third-order valence-corrected chi connectivity index (χ3v) is 3.35. The van der Waals surface area contributed by atoms with Gasteiger partial charge in [-0.15, -0.1) is 0 Å². The van der Waals surface area contributed by atoms with Crippen molar-refractivity contribution in [1.29, 1.82) is 0 Å². The first-order chi connectivity index (χ1) is 9.77. The quantitative estimate of drug-likeness (QED) is 0.874. The highest BCUT2D eigenvalue weighted by molar-refractivity contribution is 5.96. The number of rotatable bonds is 6. The molecule has 1 aromatic carbocycles. The Bertz CT molecular complexity index is 516. The van der Waals surface area contributed by atoms with Gasteiger partial charge >= 0.3 is 5.97 Å². The molecule has 21 heavy (non-hydrogen) atoms. The van der Waals surface area contributed by atoms with Gasteiger partial charge in [0.2, 0.25) is 0 Å². The summed E-state index contributed by atoms with van der Waals surface area (Å²) in [5.74, 6) is -1.81. The molecule has 0 heterocycles. The number of carbonyl (C=O) groups is 2. The van der Waals surface area contributed by atoms with E-state index in [2.05, 4.69) is 0 Å². The van der Waals surface area contributed by atoms with Crippen LogP contribution in [0.1, 0.15) is 23.6 Å². The number of methoxy groups -OCH3 is 1. The molecule has 1 atom stereocenters. The van der Waals surface area contributed by atoms with E-state index in [0.717, 1.165) is 22.4 Å². The van der Waals surface area contributed by atoms with Crippen molar-refractivity contribution in [1.82, 2.24) is 0 Å². The molecule has 0 aliphatic carbocycles. The summed E-state index contributed by atoms with van der Waals surface area (Å²) >= 11 is 0. The van der Waals surface area contributed by atoms with Crippen LogP contribution in [-0.2, 0) is 14.3 Å². The molecular formula is C16H23NO4. The predicted molar refractivity (Wildman–Crippen MR) is 81.7 cm³/mol. The van der Waals surface area contributed by atoms with E-state index >= 15 is 0 Å². The van der Waals surface area contributed by atoms with Gasteiger partial charge in [0.25, 0.3) is 5.91 Å². The van der Waals surface area contributed by atoms with E-state index in [0.29, 0.717) is 0 Å². The average Bonchev–Trinajstić information content (AvgIpc) is 2.36. The van der Waals surface area contributed by atoms with Gasteiger partial charge in [0.15, 0.2) is 0 Å². The van der Waals surface area contributed by atoms with Crippen molar-refractivity contribution in [2.45, 2.75) is 27.7 Å². The fourth-order valence-corrected chi connectivity index (χ4v) is 2.47. The summed E-state index contributed by atoms with van der Waals surface area (Å²) in [5, 5.41) is 9.10. The van der Waals surface area contributed by atoms with Crippen LogP contribution in [0.15, 0.2) is 12.1 Å². The molecule has 1 unspecified atom stereocenters. The first-order valence-electron chi connectivity index (χ1n) is 6.87. The minimum absolute atomic E-state index is 0.0703. The number of carboxylic acids is 1. The van der Waals surface area contributed by atoms with E-state index in [1.54, 1.807) is 6.92 Å². The highest BCUT2D eigenvalue weighted by atomic mass is 16.5. The Morgan fingerprint density at radius 2 is 1.76 bits per heavy atom. The molecule has 1 N–H and O–H groups in total. The lowest BCUT2D eigenvalue weighted by atomic mass is 10.0. The maximum absolute atomic E-state index is 12.3. The molecular weight excluding hydrogens is 270 g/mol. The summed E-state index contributed by atoms with van der Waals surface area (Å²) in [6.45, 7) is 7.49. The molecule has 5 heteroatoms. The Morgan fingerprint density at radius 3 is 2.19 bits per heavy atom. The second-order valence-electron chi connectivity index (χ2n) is 5.42. The fraction of sp³-hybridized carbons (Fsp3) is 0.500. The van der Waals surface area contributed by atoms with E-state index in [1.807, 2.05) is 32.9 Å². The number of nitrogens with zero attached hydrogens (tertiary/aromatic N) is 1. The van der Waals surface area contributed by atoms with Gasteiger partial charge in [0, 0.05) is 19.3 Å². The van der Waals surface area contributed by atoms with Crippen molar-refractivity contribution < 1.29 is 19.4 Å². The second kappa shape index (κ2) is 7.22. The summed E-state index contributed by atoms with van der Waals surface area (Å²) in [5.41, 5.74) is 3.79. The van der Waals surface area contributed by atoms with E-state index in [1.165, 1.54) is 12.0 Å². The molecule has 1 amide bonds. The Morgan fingerprint density at radius 1 is 1.24 bits per heavy atom. The summed E-state index contributed by atoms with van der Waals surface area (Å²) in [6, 6.07) is 3.97. The van der Waals surface area contributed by atoms with Crippen LogP contribution >= 0.6 is 0 Å². The predicted octanol–water partition coefficient (Wildman–Crippen LogP) is 2.31. The van der Waals surface area contributed by atoms with Crippen LogP contribution in [-0.4, -0.2) is 37.2 Å². The zero-order valence-corrected chi connectivity index (χ0v) is 13.3. The molecule has 0 aliphatic heterocycles. The number of ether oxygens (including phenoxy) is 1. The Hall–Kier alpha value is -1.88. The van der Waals surface area contributed by atoms with Gasteiger partial charge in [-0.2, -0.15) is 0 Å². The van der Waals surface area contributed by atoms with E-state index in [-0.39, 0.29) is 19.1 Å². The Labute approximate surface area is 125 Å². The number of anilines is 1. The number of amides is 1. The Kier molecular flexibility index (Phi) is 5.90. The standard InChI is InChI=1S/C16H23NO4/c1-10-6-11(2)15(12(3)7-10)17(14(18)9-21-5)8-13(4)16(19)20/h6-7,13H,8-9H2,1-5H3,(H,19,20). The van der Waals surface area contributed by atoms with Gasteiger partial charge in [-0.3, -0.25) is 9.59 Å². The van der Waals surface area contributed by atoms with Crippen LogP contribution in [0.2, 0.25) is 0 Å². The SMILES string of the molecule is COCC(=O)N(CC(C)C(=O)O)c1c(C)cc(C)cc1C. The lowest BCUT2D eigenvalue weighted by molar-refractivity contribution is -0.140. The van der Waals surface area contributed by atoms with Crippen LogP contribution < -0.4 is 4.90 Å². The first-order valence-corrected chi connectivity index (χ1v) is 6.87. The molecule has 0 aliphatic rings. The van der Waals surface area contributed by atoms with E-state index in [4.69, 9.17) is 9.84 Å². The van der Waals surface area contributed by atoms with Crippen LogP contribution in [0.3, 0.4) is 0 Å². The van der Waals surface area contributed by atoms with Crippen molar-refractivity contribution in [2.24, 2.45) is 5.92 Å². The number of hydrogen-bond acceptors (Lipinski definition) is 3. The van der Waals surface area contributed by atoms with E-state index in [9.17, 15) is 9.59 Å². The third-order valence-electron chi connectivity index (χ3n) is 3.35. The number of aliphatic carboxylic acids is 1. The van der Waals surface area contributed by atoms with Crippen LogP contribution in [0.4, 0.5) is 5.69 Å². The van der Waals surface area contributed by atoms with Crippen LogP contribution in [0.5, 0.6) is 0 Å². The summed E-state index contributed by atoms with van der Waals surface area (Å²) in [4.78, 5) is 24.9. The lowest BCUT2D eigenvalue weighted by Crippen LogP contribution is -2.40. The maximum Gasteiger partial charge on any atom is 0.308 e. The van der Waals surface area contributed by atoms with Gasteiger partial charge in [-0.05, 0) is 31.9 Å². The molecule has 0 fully saturated rings. The zero-order valence-electron chi connectivity index (χ0n) is 13.3. The van der Waals surface area contributed by atoms with Crippen molar-refractivity contribution in [3.8, 4) is 0 Å². The van der Waals surface area contributed by atoms with Gasteiger partial charge in [0.1, 0.15) is 6.61 Å². The highest BCUT2D eigenvalue weighted by Gasteiger charge is 2.24. The Balaban J connectivity index is 3.24. The monoisotopic (exact) mass is 293 g/mol. The maximum atomic E-state index is 12.3. The topological polar surface area (TPSA) is 66.8 Å². The summed E-state index contributed by atoms with van der Waals surface area (Å²) in [7, 11) is 1.45. The van der Waals surface area contributed by atoms with Crippen molar-refractivity contribution >= 4 is 17.6 Å². The minimum atomic E-state index is -0.923. The van der Waals surface area contributed by atoms with Crippen molar-refractivity contribution in [3.63, 3.8) is 0 Å². The van der Waals surface area contributed by atoms with Gasteiger partial charge in [-0.1, -0.05) is 24.6 Å². The number of benzene rings is 1. The first kappa shape index (κ1) is 17.2. The normalized spacial score (nSPS) is 12.0. The molecule has 0 saturated heterocycles. The summed E-state index contributed by atoms with van der Waals surface area (Å²) in [6.07, 6.45) is 0. The molecule has 116 valence electrons. The van der Waals surface area contributed by atoms with E-state index < -0.39 is 11.9 Å².